The third kappa shape index (κ3) is 6.01. The molecule has 0 saturated heterocycles. The van der Waals surface area contributed by atoms with E-state index in [2.05, 4.69) is 10.3 Å². The van der Waals surface area contributed by atoms with E-state index in [1.807, 2.05) is 36.7 Å². The Morgan fingerprint density at radius 1 is 1.12 bits per heavy atom. The van der Waals surface area contributed by atoms with E-state index < -0.39 is 0 Å². The van der Waals surface area contributed by atoms with Gasteiger partial charge in [-0.2, -0.15) is 4.98 Å². The second-order valence-corrected chi connectivity index (χ2v) is 8.61. The van der Waals surface area contributed by atoms with Gasteiger partial charge < -0.3 is 19.5 Å². The van der Waals surface area contributed by atoms with Crippen molar-refractivity contribution in [3.63, 3.8) is 0 Å². The van der Waals surface area contributed by atoms with Gasteiger partial charge >= 0.3 is 0 Å². The number of nitrogens with zero attached hydrogens (tertiary/aromatic N) is 2. The van der Waals surface area contributed by atoms with E-state index in [0.717, 1.165) is 36.7 Å². The molecule has 176 valence electrons. The molecule has 1 saturated carbocycles. The highest BCUT2D eigenvalue weighted by atomic mass is 19.1. The van der Waals surface area contributed by atoms with Gasteiger partial charge in [0.25, 0.3) is 6.01 Å². The molecule has 0 unspecified atom stereocenters. The van der Waals surface area contributed by atoms with Gasteiger partial charge in [-0.25, -0.2) is 4.39 Å². The van der Waals surface area contributed by atoms with Crippen LogP contribution in [0.4, 0.5) is 4.39 Å². The largest absolute Gasteiger partial charge is 0.461 e. The number of carbonyl (C=O) groups excluding carboxylic acids is 1. The van der Waals surface area contributed by atoms with Crippen molar-refractivity contribution < 1.29 is 23.4 Å². The lowest BCUT2D eigenvalue weighted by molar-refractivity contribution is -0.120. The van der Waals surface area contributed by atoms with Gasteiger partial charge in [0.1, 0.15) is 23.4 Å². The SMILES string of the molecule is CC(=O)N[C@@H](C)CO[C@H]1CC[C@H](Oc2nc3ccc(Oc4ccc(F)cc4)cc3n2C)CC1. The molecule has 0 aliphatic heterocycles. The molecule has 0 bridgehead atoms. The highest BCUT2D eigenvalue weighted by molar-refractivity contribution is 5.78. The van der Waals surface area contributed by atoms with Crippen LogP contribution in [-0.4, -0.2) is 40.3 Å². The van der Waals surface area contributed by atoms with Crippen LogP contribution in [0, 0.1) is 5.82 Å². The summed E-state index contributed by atoms with van der Waals surface area (Å²) >= 11 is 0. The summed E-state index contributed by atoms with van der Waals surface area (Å²) in [5, 5.41) is 2.84. The Labute approximate surface area is 192 Å². The van der Waals surface area contributed by atoms with Gasteiger partial charge in [-0.1, -0.05) is 0 Å². The van der Waals surface area contributed by atoms with Crippen molar-refractivity contribution in [3.05, 3.63) is 48.3 Å². The molecule has 0 spiro atoms. The summed E-state index contributed by atoms with van der Waals surface area (Å²) in [7, 11) is 1.92. The van der Waals surface area contributed by atoms with Crippen LogP contribution in [-0.2, 0) is 16.6 Å². The third-order valence-corrected chi connectivity index (χ3v) is 5.79. The van der Waals surface area contributed by atoms with Crippen molar-refractivity contribution in [2.24, 2.45) is 7.05 Å². The Morgan fingerprint density at radius 3 is 2.48 bits per heavy atom. The van der Waals surface area contributed by atoms with E-state index in [9.17, 15) is 9.18 Å². The lowest BCUT2D eigenvalue weighted by Gasteiger charge is -2.29. The number of benzene rings is 2. The fourth-order valence-electron chi connectivity index (χ4n) is 4.09. The van der Waals surface area contributed by atoms with E-state index in [4.69, 9.17) is 14.2 Å². The zero-order valence-electron chi connectivity index (χ0n) is 19.2. The molecule has 1 atom stereocenters. The van der Waals surface area contributed by atoms with Gasteiger partial charge in [-0.3, -0.25) is 9.36 Å². The summed E-state index contributed by atoms with van der Waals surface area (Å²) in [5.74, 6) is 0.876. The van der Waals surface area contributed by atoms with Crippen molar-refractivity contribution in [3.8, 4) is 17.5 Å². The molecule has 2 aromatic carbocycles. The van der Waals surface area contributed by atoms with E-state index >= 15 is 0 Å². The van der Waals surface area contributed by atoms with Crippen LogP contribution in [0.25, 0.3) is 11.0 Å². The Morgan fingerprint density at radius 2 is 1.79 bits per heavy atom. The van der Waals surface area contributed by atoms with Crippen molar-refractivity contribution in [2.45, 2.75) is 57.8 Å². The lowest BCUT2D eigenvalue weighted by atomic mass is 9.95. The normalized spacial score (nSPS) is 19.3. The van der Waals surface area contributed by atoms with Gasteiger partial charge in [-0.15, -0.1) is 0 Å². The number of aryl methyl sites for hydroxylation is 1. The molecule has 1 aliphatic rings. The smallest absolute Gasteiger partial charge is 0.297 e. The fourth-order valence-corrected chi connectivity index (χ4v) is 4.09. The topological polar surface area (TPSA) is 74.6 Å². The lowest BCUT2D eigenvalue weighted by Crippen LogP contribution is -2.37. The van der Waals surface area contributed by atoms with Gasteiger partial charge in [0, 0.05) is 26.1 Å². The molecule has 7 nitrogen and oxygen atoms in total. The first-order valence-electron chi connectivity index (χ1n) is 11.3. The molecule has 3 aromatic rings. The Bertz CT molecular complexity index is 1090. The molecule has 1 N–H and O–H groups in total. The summed E-state index contributed by atoms with van der Waals surface area (Å²) in [4.78, 5) is 15.8. The first kappa shape index (κ1) is 23.0. The minimum absolute atomic E-state index is 0.00778. The number of nitrogens with one attached hydrogen (secondary N) is 1. The maximum absolute atomic E-state index is 13.1. The molecular weight excluding hydrogens is 425 g/mol. The minimum atomic E-state index is -0.300. The number of amides is 1. The summed E-state index contributed by atoms with van der Waals surface area (Å²) in [6.45, 7) is 3.97. The Kier molecular flexibility index (Phi) is 7.13. The third-order valence-electron chi connectivity index (χ3n) is 5.79. The van der Waals surface area contributed by atoms with Crippen LogP contribution in [0.5, 0.6) is 17.5 Å². The van der Waals surface area contributed by atoms with Crippen LogP contribution >= 0.6 is 0 Å². The molecular formula is C25H30FN3O4. The zero-order valence-corrected chi connectivity index (χ0v) is 19.2. The number of fused-ring (bicyclic) bond motifs is 1. The molecule has 33 heavy (non-hydrogen) atoms. The average Bonchev–Trinajstić information content (AvgIpc) is 3.09. The van der Waals surface area contributed by atoms with E-state index in [1.165, 1.54) is 19.1 Å². The minimum Gasteiger partial charge on any atom is -0.461 e. The standard InChI is InChI=1S/C25H30FN3O4/c1-16(27-17(2)30)15-31-19-8-10-21(11-9-19)33-25-28-23-13-12-22(14-24(23)29(25)3)32-20-6-4-18(26)5-7-20/h4-7,12-14,16,19,21H,8-11,15H2,1-3H3,(H,27,30)/t16-,19-,21-/m0/s1. The van der Waals surface area contributed by atoms with Crippen LogP contribution < -0.4 is 14.8 Å². The molecule has 4 rings (SSSR count). The monoisotopic (exact) mass is 455 g/mol. The van der Waals surface area contributed by atoms with E-state index in [0.29, 0.717) is 24.1 Å². The van der Waals surface area contributed by atoms with E-state index in [-0.39, 0.29) is 30.0 Å². The Hall–Kier alpha value is -3.13. The highest BCUT2D eigenvalue weighted by Crippen LogP contribution is 2.30. The number of hydrogen-bond acceptors (Lipinski definition) is 5. The molecule has 1 aromatic heterocycles. The fraction of sp³-hybridized carbons (Fsp3) is 0.440. The molecule has 0 radical (unpaired) electrons. The summed E-state index contributed by atoms with van der Waals surface area (Å²) in [5.41, 5.74) is 1.72. The summed E-state index contributed by atoms with van der Waals surface area (Å²) in [6, 6.07) is 12.1. The highest BCUT2D eigenvalue weighted by Gasteiger charge is 2.25. The van der Waals surface area contributed by atoms with Crippen LogP contribution in [0.15, 0.2) is 42.5 Å². The van der Waals surface area contributed by atoms with E-state index in [1.54, 1.807) is 12.1 Å². The van der Waals surface area contributed by atoms with Crippen molar-refractivity contribution in [1.29, 1.82) is 0 Å². The average molecular weight is 456 g/mol. The predicted molar refractivity (Wildman–Crippen MR) is 123 cm³/mol. The van der Waals surface area contributed by atoms with Crippen LogP contribution in [0.1, 0.15) is 39.5 Å². The Balaban J connectivity index is 1.33. The molecule has 1 heterocycles. The molecule has 8 heteroatoms. The summed E-state index contributed by atoms with van der Waals surface area (Å²) in [6.07, 6.45) is 3.88. The zero-order chi connectivity index (χ0) is 23.4. The second-order valence-electron chi connectivity index (χ2n) is 8.61. The number of halogens is 1. The first-order chi connectivity index (χ1) is 15.9. The molecule has 1 aliphatic carbocycles. The number of ether oxygens (including phenoxy) is 3. The predicted octanol–water partition coefficient (Wildman–Crippen LogP) is 4.74. The quantitative estimate of drug-likeness (QED) is 0.531. The maximum Gasteiger partial charge on any atom is 0.297 e. The van der Waals surface area contributed by atoms with Gasteiger partial charge in [-0.05, 0) is 69.0 Å². The first-order valence-corrected chi connectivity index (χ1v) is 11.3. The number of hydrogen-bond donors (Lipinski definition) is 1. The number of carbonyl (C=O) groups is 1. The second kappa shape index (κ2) is 10.2. The molecule has 1 amide bonds. The maximum atomic E-state index is 13.1. The van der Waals surface area contributed by atoms with Gasteiger partial charge in [0.2, 0.25) is 5.91 Å². The van der Waals surface area contributed by atoms with Crippen LogP contribution in [0.2, 0.25) is 0 Å². The van der Waals surface area contributed by atoms with Gasteiger partial charge in [0.05, 0.1) is 23.7 Å². The van der Waals surface area contributed by atoms with Crippen LogP contribution in [0.3, 0.4) is 0 Å². The number of rotatable bonds is 8. The van der Waals surface area contributed by atoms with Gasteiger partial charge in [0.15, 0.2) is 0 Å². The van der Waals surface area contributed by atoms with Crippen molar-refractivity contribution in [1.82, 2.24) is 14.9 Å². The van der Waals surface area contributed by atoms with Crippen molar-refractivity contribution >= 4 is 16.9 Å². The number of imidazole rings is 1. The summed E-state index contributed by atoms with van der Waals surface area (Å²) < 4.78 is 33.1. The molecule has 1 fully saturated rings. The number of aromatic nitrogens is 2. The van der Waals surface area contributed by atoms with Crippen molar-refractivity contribution in [2.75, 3.05) is 6.61 Å².